The summed E-state index contributed by atoms with van der Waals surface area (Å²) in [6, 6.07) is 6.72. The average molecular weight is 434 g/mol. The number of hydrogen-bond donors (Lipinski definition) is 1. The molecule has 3 rings (SSSR count). The van der Waals surface area contributed by atoms with E-state index in [1.807, 2.05) is 4.90 Å². The minimum atomic E-state index is -0.422. The molecule has 7 heteroatoms. The van der Waals surface area contributed by atoms with Gasteiger partial charge in [-0.25, -0.2) is 0 Å². The number of nitrogens with zero attached hydrogens (tertiary/aromatic N) is 2. The zero-order chi connectivity index (χ0) is 21.5. The van der Waals surface area contributed by atoms with Crippen LogP contribution in [0.2, 0.25) is 0 Å². The van der Waals surface area contributed by atoms with Gasteiger partial charge in [-0.05, 0) is 62.5 Å². The van der Waals surface area contributed by atoms with Gasteiger partial charge in [-0.15, -0.1) is 11.8 Å². The van der Waals surface area contributed by atoms with Crippen molar-refractivity contribution in [1.82, 2.24) is 15.1 Å². The van der Waals surface area contributed by atoms with Gasteiger partial charge in [0.2, 0.25) is 5.91 Å². The molecule has 0 aromatic heterocycles. The van der Waals surface area contributed by atoms with E-state index in [0.717, 1.165) is 26.1 Å². The van der Waals surface area contributed by atoms with Gasteiger partial charge in [-0.3, -0.25) is 9.59 Å². The van der Waals surface area contributed by atoms with E-state index in [4.69, 9.17) is 4.74 Å². The van der Waals surface area contributed by atoms with E-state index in [1.165, 1.54) is 19.3 Å². The van der Waals surface area contributed by atoms with Crippen LogP contribution >= 0.6 is 11.8 Å². The highest BCUT2D eigenvalue weighted by atomic mass is 32.2. The number of hydrogen-bond acceptors (Lipinski definition) is 5. The van der Waals surface area contributed by atoms with E-state index >= 15 is 0 Å². The zero-order valence-corrected chi connectivity index (χ0v) is 19.2. The molecule has 0 bridgehead atoms. The van der Waals surface area contributed by atoms with Crippen molar-refractivity contribution >= 4 is 23.6 Å². The standard InChI is InChI=1S/C23H35N3O3S/c1-17(2)15-21-26(23(28)18-7-9-19(29-3)10-8-18)20(16-30-21)22(27)24-11-14-25-12-5-4-6-13-25/h7-10,17,20-21H,4-6,11-16H2,1-3H3,(H,24,27). The molecule has 2 saturated heterocycles. The Morgan fingerprint density at radius 1 is 1.17 bits per heavy atom. The van der Waals surface area contributed by atoms with Gasteiger partial charge in [0.25, 0.3) is 5.91 Å². The molecule has 0 saturated carbocycles. The van der Waals surface area contributed by atoms with Gasteiger partial charge in [0.05, 0.1) is 12.5 Å². The van der Waals surface area contributed by atoms with Gasteiger partial charge < -0.3 is 19.9 Å². The van der Waals surface area contributed by atoms with E-state index in [2.05, 4.69) is 24.1 Å². The smallest absolute Gasteiger partial charge is 0.255 e. The molecule has 30 heavy (non-hydrogen) atoms. The summed E-state index contributed by atoms with van der Waals surface area (Å²) in [6.45, 7) is 8.07. The number of ether oxygens (including phenoxy) is 1. The number of piperidine rings is 1. The summed E-state index contributed by atoms with van der Waals surface area (Å²) in [5, 5.41) is 3.12. The van der Waals surface area contributed by atoms with Crippen LogP contribution in [0.25, 0.3) is 0 Å². The van der Waals surface area contributed by atoms with Crippen molar-refractivity contribution < 1.29 is 14.3 Å². The van der Waals surface area contributed by atoms with Crippen molar-refractivity contribution in [2.75, 3.05) is 39.0 Å². The minimum Gasteiger partial charge on any atom is -0.497 e. The molecule has 2 atom stereocenters. The molecule has 166 valence electrons. The molecule has 2 unspecified atom stereocenters. The Kier molecular flexibility index (Phi) is 8.45. The quantitative estimate of drug-likeness (QED) is 0.682. The molecule has 2 heterocycles. The lowest BCUT2D eigenvalue weighted by Crippen LogP contribution is -2.51. The minimum absolute atomic E-state index is 0.0254. The van der Waals surface area contributed by atoms with Crippen LogP contribution in [0.1, 0.15) is 49.9 Å². The lowest BCUT2D eigenvalue weighted by atomic mass is 10.1. The second-order valence-electron chi connectivity index (χ2n) is 8.57. The van der Waals surface area contributed by atoms with Crippen LogP contribution in [0.15, 0.2) is 24.3 Å². The van der Waals surface area contributed by atoms with E-state index in [9.17, 15) is 9.59 Å². The Balaban J connectivity index is 1.66. The highest BCUT2D eigenvalue weighted by Crippen LogP contribution is 2.35. The molecular weight excluding hydrogens is 398 g/mol. The number of likely N-dealkylation sites (tertiary alicyclic amines) is 1. The van der Waals surface area contributed by atoms with Crippen LogP contribution in [0.4, 0.5) is 0 Å². The third-order valence-corrected chi connectivity index (χ3v) is 7.13. The van der Waals surface area contributed by atoms with Gasteiger partial charge in [-0.2, -0.15) is 0 Å². The highest BCUT2D eigenvalue weighted by Gasteiger charge is 2.41. The molecule has 2 amide bonds. The fraction of sp³-hybridized carbons (Fsp3) is 0.652. The van der Waals surface area contributed by atoms with Crippen molar-refractivity contribution in [2.24, 2.45) is 5.92 Å². The Morgan fingerprint density at radius 3 is 2.50 bits per heavy atom. The second kappa shape index (κ2) is 11.0. The van der Waals surface area contributed by atoms with Crippen LogP contribution in [-0.4, -0.2) is 72.1 Å². The molecule has 2 aliphatic heterocycles. The zero-order valence-electron chi connectivity index (χ0n) is 18.4. The number of carbonyl (C=O) groups excluding carboxylic acids is 2. The SMILES string of the molecule is COc1ccc(C(=O)N2C(CC(C)C)SCC2C(=O)NCCN2CCCCC2)cc1. The lowest BCUT2D eigenvalue weighted by molar-refractivity contribution is -0.124. The maximum atomic E-state index is 13.4. The van der Waals surface area contributed by atoms with Gasteiger partial charge >= 0.3 is 0 Å². The number of amides is 2. The van der Waals surface area contributed by atoms with Crippen molar-refractivity contribution in [3.63, 3.8) is 0 Å². The van der Waals surface area contributed by atoms with Crippen LogP contribution in [0, 0.1) is 5.92 Å². The molecule has 0 radical (unpaired) electrons. The number of benzene rings is 1. The van der Waals surface area contributed by atoms with Gasteiger partial charge in [0.15, 0.2) is 0 Å². The average Bonchev–Trinajstić information content (AvgIpc) is 3.17. The fourth-order valence-corrected chi connectivity index (χ4v) is 5.78. The molecule has 2 aliphatic rings. The molecule has 0 spiro atoms. The van der Waals surface area contributed by atoms with Crippen molar-refractivity contribution in [3.8, 4) is 5.75 Å². The number of carbonyl (C=O) groups is 2. The predicted octanol–water partition coefficient (Wildman–Crippen LogP) is 3.23. The highest BCUT2D eigenvalue weighted by molar-refractivity contribution is 8.00. The maximum Gasteiger partial charge on any atom is 0.255 e. The summed E-state index contributed by atoms with van der Waals surface area (Å²) in [6.07, 6.45) is 4.68. The normalized spacial score (nSPS) is 22.3. The third-order valence-electron chi connectivity index (χ3n) is 5.82. The number of rotatable bonds is 8. The predicted molar refractivity (Wildman–Crippen MR) is 122 cm³/mol. The van der Waals surface area contributed by atoms with Crippen molar-refractivity contribution in [3.05, 3.63) is 29.8 Å². The summed E-state index contributed by atoms with van der Waals surface area (Å²) in [4.78, 5) is 30.6. The van der Waals surface area contributed by atoms with Crippen LogP contribution in [-0.2, 0) is 4.79 Å². The molecule has 1 aromatic carbocycles. The summed E-state index contributed by atoms with van der Waals surface area (Å²) < 4.78 is 5.20. The molecule has 2 fully saturated rings. The van der Waals surface area contributed by atoms with E-state index in [0.29, 0.717) is 29.5 Å². The van der Waals surface area contributed by atoms with E-state index in [1.54, 1.807) is 43.1 Å². The molecule has 0 aliphatic carbocycles. The van der Waals surface area contributed by atoms with E-state index < -0.39 is 6.04 Å². The van der Waals surface area contributed by atoms with Crippen molar-refractivity contribution in [2.45, 2.75) is 50.9 Å². The van der Waals surface area contributed by atoms with Crippen LogP contribution in [0.3, 0.4) is 0 Å². The molecule has 6 nitrogen and oxygen atoms in total. The topological polar surface area (TPSA) is 61.9 Å². The Morgan fingerprint density at radius 2 is 1.87 bits per heavy atom. The lowest BCUT2D eigenvalue weighted by Gasteiger charge is -2.30. The van der Waals surface area contributed by atoms with Gasteiger partial charge in [0.1, 0.15) is 11.8 Å². The number of nitrogens with one attached hydrogen (secondary N) is 1. The van der Waals surface area contributed by atoms with Gasteiger partial charge in [0, 0.05) is 24.4 Å². The Bertz CT molecular complexity index is 704. The largest absolute Gasteiger partial charge is 0.497 e. The third kappa shape index (κ3) is 5.91. The number of methoxy groups -OCH3 is 1. The molecule has 1 N–H and O–H groups in total. The molecule has 1 aromatic rings. The first-order chi connectivity index (χ1) is 14.5. The maximum absolute atomic E-state index is 13.4. The number of thioether (sulfide) groups is 1. The summed E-state index contributed by atoms with van der Waals surface area (Å²) in [5.74, 6) is 1.70. The van der Waals surface area contributed by atoms with Gasteiger partial charge in [-0.1, -0.05) is 20.3 Å². The van der Waals surface area contributed by atoms with E-state index in [-0.39, 0.29) is 17.2 Å². The fourth-order valence-electron chi connectivity index (χ4n) is 4.14. The second-order valence-corrected chi connectivity index (χ2v) is 9.78. The monoisotopic (exact) mass is 433 g/mol. The van der Waals surface area contributed by atoms with Crippen LogP contribution in [0.5, 0.6) is 5.75 Å². The Hall–Kier alpha value is -1.73. The first kappa shape index (κ1) is 22.9. The summed E-state index contributed by atoms with van der Waals surface area (Å²) in [5.41, 5.74) is 0.596. The molecular formula is C23H35N3O3S. The first-order valence-corrected chi connectivity index (χ1v) is 12.1. The summed E-state index contributed by atoms with van der Waals surface area (Å²) in [7, 11) is 1.61. The Labute approximate surface area is 184 Å². The van der Waals surface area contributed by atoms with Crippen LogP contribution < -0.4 is 10.1 Å². The first-order valence-electron chi connectivity index (χ1n) is 11.1. The summed E-state index contributed by atoms with van der Waals surface area (Å²) >= 11 is 1.72. The van der Waals surface area contributed by atoms with Crippen molar-refractivity contribution in [1.29, 1.82) is 0 Å².